The van der Waals surface area contributed by atoms with Gasteiger partial charge in [0.25, 0.3) is 0 Å². The number of halogens is 2. The standard InChI is InChI=1S/C14H17Cl2N3/c1-11-4-3-5-12(6-11)14(9-15,10-16)7-13-8-19(2)18-17-13/h3-6,8H,7,9-10H2,1-2H3. The Hall–Kier alpha value is -1.06. The molecule has 102 valence electrons. The van der Waals surface area contributed by atoms with E-state index in [1.807, 2.05) is 19.3 Å². The van der Waals surface area contributed by atoms with E-state index in [4.69, 9.17) is 23.2 Å². The van der Waals surface area contributed by atoms with Gasteiger partial charge in [-0.05, 0) is 12.5 Å². The summed E-state index contributed by atoms with van der Waals surface area (Å²) in [4.78, 5) is 0. The van der Waals surface area contributed by atoms with Crippen LogP contribution in [0, 0.1) is 6.92 Å². The number of aryl methyl sites for hydroxylation is 2. The molecular weight excluding hydrogens is 281 g/mol. The van der Waals surface area contributed by atoms with E-state index in [0.29, 0.717) is 18.2 Å². The van der Waals surface area contributed by atoms with Crippen molar-refractivity contribution in [2.24, 2.45) is 7.05 Å². The highest BCUT2D eigenvalue weighted by molar-refractivity contribution is 6.22. The minimum Gasteiger partial charge on any atom is -0.255 e. The summed E-state index contributed by atoms with van der Waals surface area (Å²) in [7, 11) is 1.85. The molecule has 19 heavy (non-hydrogen) atoms. The SMILES string of the molecule is Cc1cccc(C(CCl)(CCl)Cc2cn(C)nn2)c1. The van der Waals surface area contributed by atoms with Crippen molar-refractivity contribution < 1.29 is 0 Å². The number of hydrogen-bond donors (Lipinski definition) is 0. The van der Waals surface area contributed by atoms with Crippen LogP contribution in [0.4, 0.5) is 0 Å². The van der Waals surface area contributed by atoms with Gasteiger partial charge < -0.3 is 0 Å². The quantitative estimate of drug-likeness (QED) is 0.794. The number of benzene rings is 1. The lowest BCUT2D eigenvalue weighted by Crippen LogP contribution is -2.33. The van der Waals surface area contributed by atoms with Crippen LogP contribution < -0.4 is 0 Å². The van der Waals surface area contributed by atoms with Crippen LogP contribution >= 0.6 is 23.2 Å². The average molecular weight is 298 g/mol. The van der Waals surface area contributed by atoms with E-state index >= 15 is 0 Å². The third-order valence-electron chi connectivity index (χ3n) is 3.31. The van der Waals surface area contributed by atoms with Crippen LogP contribution in [0.5, 0.6) is 0 Å². The van der Waals surface area contributed by atoms with E-state index in [-0.39, 0.29) is 5.41 Å². The lowest BCUT2D eigenvalue weighted by atomic mass is 9.79. The smallest absolute Gasteiger partial charge is 0.0836 e. The molecule has 0 atom stereocenters. The summed E-state index contributed by atoms with van der Waals surface area (Å²) >= 11 is 12.5. The first-order valence-corrected chi connectivity index (χ1v) is 7.21. The maximum Gasteiger partial charge on any atom is 0.0836 e. The van der Waals surface area contributed by atoms with E-state index in [0.717, 1.165) is 11.3 Å². The topological polar surface area (TPSA) is 30.7 Å². The van der Waals surface area contributed by atoms with Crippen molar-refractivity contribution >= 4 is 23.2 Å². The van der Waals surface area contributed by atoms with Gasteiger partial charge in [-0.1, -0.05) is 35.0 Å². The molecule has 0 radical (unpaired) electrons. The third-order valence-corrected chi connectivity index (χ3v) is 4.33. The Morgan fingerprint density at radius 2 is 2.00 bits per heavy atom. The first-order chi connectivity index (χ1) is 9.09. The Labute approximate surface area is 123 Å². The first-order valence-electron chi connectivity index (χ1n) is 6.14. The monoisotopic (exact) mass is 297 g/mol. The van der Waals surface area contributed by atoms with Crippen LogP contribution in [-0.4, -0.2) is 26.8 Å². The van der Waals surface area contributed by atoms with Gasteiger partial charge in [0.2, 0.25) is 0 Å². The van der Waals surface area contributed by atoms with E-state index < -0.39 is 0 Å². The van der Waals surface area contributed by atoms with Crippen molar-refractivity contribution in [1.82, 2.24) is 15.0 Å². The molecular formula is C14H17Cl2N3. The van der Waals surface area contributed by atoms with Crippen LogP contribution in [-0.2, 0) is 18.9 Å². The van der Waals surface area contributed by atoms with Crippen molar-refractivity contribution in [3.05, 3.63) is 47.3 Å². The van der Waals surface area contributed by atoms with Crippen molar-refractivity contribution in [1.29, 1.82) is 0 Å². The van der Waals surface area contributed by atoms with Crippen LogP contribution in [0.25, 0.3) is 0 Å². The van der Waals surface area contributed by atoms with Gasteiger partial charge in [0, 0.05) is 36.8 Å². The molecule has 0 unspecified atom stereocenters. The fraction of sp³-hybridized carbons (Fsp3) is 0.429. The fourth-order valence-corrected chi connectivity index (χ4v) is 2.97. The zero-order chi connectivity index (χ0) is 13.9. The van der Waals surface area contributed by atoms with Crippen molar-refractivity contribution in [3.63, 3.8) is 0 Å². The van der Waals surface area contributed by atoms with Gasteiger partial charge in [0.05, 0.1) is 5.69 Å². The van der Waals surface area contributed by atoms with Crippen molar-refractivity contribution in [2.75, 3.05) is 11.8 Å². The highest BCUT2D eigenvalue weighted by atomic mass is 35.5. The van der Waals surface area contributed by atoms with E-state index in [9.17, 15) is 0 Å². The fourth-order valence-electron chi connectivity index (χ4n) is 2.18. The van der Waals surface area contributed by atoms with Crippen LogP contribution in [0.15, 0.2) is 30.5 Å². The molecule has 0 aliphatic heterocycles. The molecule has 1 heterocycles. The highest BCUT2D eigenvalue weighted by Gasteiger charge is 2.32. The summed E-state index contributed by atoms with van der Waals surface area (Å²) < 4.78 is 1.69. The maximum absolute atomic E-state index is 6.23. The zero-order valence-corrected chi connectivity index (χ0v) is 12.6. The summed E-state index contributed by atoms with van der Waals surface area (Å²) in [5.74, 6) is 0.910. The minimum atomic E-state index is -0.300. The Kier molecular flexibility index (Phi) is 4.48. The summed E-state index contributed by atoms with van der Waals surface area (Å²) in [5, 5.41) is 8.10. The maximum atomic E-state index is 6.23. The lowest BCUT2D eigenvalue weighted by Gasteiger charge is -2.29. The average Bonchev–Trinajstić information content (AvgIpc) is 2.81. The highest BCUT2D eigenvalue weighted by Crippen LogP contribution is 2.31. The summed E-state index contributed by atoms with van der Waals surface area (Å²) in [6.45, 7) is 2.07. The van der Waals surface area contributed by atoms with E-state index in [1.54, 1.807) is 4.68 Å². The van der Waals surface area contributed by atoms with Gasteiger partial charge in [-0.25, -0.2) is 0 Å². The van der Waals surface area contributed by atoms with E-state index in [2.05, 4.69) is 35.4 Å². The second-order valence-corrected chi connectivity index (χ2v) is 5.51. The van der Waals surface area contributed by atoms with Gasteiger partial charge in [-0.15, -0.1) is 28.3 Å². The molecule has 0 N–H and O–H groups in total. The number of nitrogens with zero attached hydrogens (tertiary/aromatic N) is 3. The molecule has 0 amide bonds. The molecule has 0 fully saturated rings. The number of aromatic nitrogens is 3. The predicted molar refractivity (Wildman–Crippen MR) is 79.0 cm³/mol. The molecule has 2 rings (SSSR count). The molecule has 0 saturated heterocycles. The predicted octanol–water partition coefficient (Wildman–Crippen LogP) is 3.08. The van der Waals surface area contributed by atoms with Crippen LogP contribution in [0.1, 0.15) is 16.8 Å². The molecule has 0 saturated carbocycles. The Balaban J connectivity index is 2.37. The van der Waals surface area contributed by atoms with Gasteiger partial charge in [-0.2, -0.15) is 0 Å². The third kappa shape index (κ3) is 3.10. The van der Waals surface area contributed by atoms with Gasteiger partial charge in [0.15, 0.2) is 0 Å². The molecule has 3 nitrogen and oxygen atoms in total. The number of rotatable bonds is 5. The van der Waals surface area contributed by atoms with Crippen molar-refractivity contribution in [3.8, 4) is 0 Å². The normalized spacial score (nSPS) is 11.8. The minimum absolute atomic E-state index is 0.300. The van der Waals surface area contributed by atoms with Gasteiger partial charge >= 0.3 is 0 Å². The summed E-state index contributed by atoms with van der Waals surface area (Å²) in [6, 6.07) is 8.32. The second-order valence-electron chi connectivity index (χ2n) is 4.98. The molecule has 5 heteroatoms. The van der Waals surface area contributed by atoms with Crippen LogP contribution in [0.3, 0.4) is 0 Å². The van der Waals surface area contributed by atoms with Crippen molar-refractivity contribution in [2.45, 2.75) is 18.8 Å². The second kappa shape index (κ2) is 5.93. The summed E-state index contributed by atoms with van der Waals surface area (Å²) in [5.41, 5.74) is 2.97. The van der Waals surface area contributed by atoms with Gasteiger partial charge in [-0.3, -0.25) is 4.68 Å². The Bertz CT molecular complexity index is 547. The lowest BCUT2D eigenvalue weighted by molar-refractivity contribution is 0.528. The molecule has 0 aliphatic rings. The molecule has 0 bridgehead atoms. The number of hydrogen-bond acceptors (Lipinski definition) is 2. The first kappa shape index (κ1) is 14.4. The molecule has 0 spiro atoms. The molecule has 0 aliphatic carbocycles. The van der Waals surface area contributed by atoms with Gasteiger partial charge in [0.1, 0.15) is 0 Å². The molecule has 1 aromatic carbocycles. The zero-order valence-electron chi connectivity index (χ0n) is 11.1. The Morgan fingerprint density at radius 1 is 1.26 bits per heavy atom. The molecule has 2 aromatic rings. The molecule has 1 aromatic heterocycles. The largest absolute Gasteiger partial charge is 0.255 e. The number of alkyl halides is 2. The van der Waals surface area contributed by atoms with Crippen LogP contribution in [0.2, 0.25) is 0 Å². The Morgan fingerprint density at radius 3 is 2.53 bits per heavy atom. The van der Waals surface area contributed by atoms with E-state index in [1.165, 1.54) is 5.56 Å². The summed E-state index contributed by atoms with van der Waals surface area (Å²) in [6.07, 6.45) is 2.60.